The van der Waals surface area contributed by atoms with Crippen LogP contribution in [0.3, 0.4) is 0 Å². The van der Waals surface area contributed by atoms with Crippen LogP contribution in [0.2, 0.25) is 0 Å². The molecule has 0 radical (unpaired) electrons. The first-order valence-electron chi connectivity index (χ1n) is 12.3. The number of aryl methyl sites for hydroxylation is 1. The quantitative estimate of drug-likeness (QED) is 0.468. The van der Waals surface area contributed by atoms with Gasteiger partial charge in [0.2, 0.25) is 10.0 Å². The number of alkyl halides is 3. The molecule has 1 saturated heterocycles. The molecule has 0 aliphatic carbocycles. The van der Waals surface area contributed by atoms with Crippen LogP contribution in [0.1, 0.15) is 31.7 Å². The summed E-state index contributed by atoms with van der Waals surface area (Å²) in [5.74, 6) is -1.14. The van der Waals surface area contributed by atoms with Crippen molar-refractivity contribution >= 4 is 27.4 Å². The van der Waals surface area contributed by atoms with Gasteiger partial charge in [0.05, 0.1) is 30.2 Å². The highest BCUT2D eigenvalue weighted by Crippen LogP contribution is 2.37. The number of rotatable bonds is 7. The summed E-state index contributed by atoms with van der Waals surface area (Å²) < 4.78 is 78.7. The standard InChI is InChI=1S/C26H30F3N3O5S/c1-17-6-4-5-7-23(17)38(34,35)31-14-12-21(13-15-31)37-20-10-8-19(9-11-20)32-22(16-24(33)36-3)18(2)25(30-32)26(27,28)29/h4-11,18,21-22H,12-16H2,1-3H3/t18-,22-/m0/s1. The third-order valence-corrected chi connectivity index (χ3v) is 9.01. The maximum Gasteiger partial charge on any atom is 0.431 e. The fourth-order valence-corrected chi connectivity index (χ4v) is 6.50. The molecule has 12 heteroatoms. The monoisotopic (exact) mass is 553 g/mol. The zero-order valence-corrected chi connectivity index (χ0v) is 22.1. The lowest BCUT2D eigenvalue weighted by Crippen LogP contribution is -2.41. The molecule has 0 spiro atoms. The van der Waals surface area contributed by atoms with Gasteiger partial charge in [-0.1, -0.05) is 25.1 Å². The lowest BCUT2D eigenvalue weighted by Gasteiger charge is -2.32. The molecule has 0 bridgehead atoms. The molecule has 38 heavy (non-hydrogen) atoms. The Kier molecular flexibility index (Phi) is 8.03. The number of benzene rings is 2. The van der Waals surface area contributed by atoms with Gasteiger partial charge in [0.1, 0.15) is 17.6 Å². The first-order valence-corrected chi connectivity index (χ1v) is 13.7. The number of anilines is 1. The van der Waals surface area contributed by atoms with Crippen molar-refractivity contribution in [2.24, 2.45) is 11.0 Å². The minimum Gasteiger partial charge on any atom is -0.490 e. The van der Waals surface area contributed by atoms with Crippen LogP contribution in [0.25, 0.3) is 0 Å². The van der Waals surface area contributed by atoms with E-state index in [0.717, 1.165) is 0 Å². The Morgan fingerprint density at radius 2 is 1.71 bits per heavy atom. The molecule has 2 atom stereocenters. The average Bonchev–Trinajstić information content (AvgIpc) is 3.21. The van der Waals surface area contributed by atoms with E-state index in [1.807, 2.05) is 0 Å². The smallest absolute Gasteiger partial charge is 0.431 e. The number of hydrogen-bond donors (Lipinski definition) is 0. The van der Waals surface area contributed by atoms with E-state index in [1.165, 1.54) is 23.3 Å². The highest BCUT2D eigenvalue weighted by Gasteiger charge is 2.48. The van der Waals surface area contributed by atoms with Crippen molar-refractivity contribution in [3.8, 4) is 5.75 Å². The van der Waals surface area contributed by atoms with Crippen molar-refractivity contribution in [2.75, 3.05) is 25.2 Å². The number of piperidine rings is 1. The van der Waals surface area contributed by atoms with Crippen LogP contribution in [0.5, 0.6) is 5.75 Å². The average molecular weight is 554 g/mol. The highest BCUT2D eigenvalue weighted by atomic mass is 32.2. The molecule has 8 nitrogen and oxygen atoms in total. The molecule has 2 aromatic rings. The summed E-state index contributed by atoms with van der Waals surface area (Å²) in [6.07, 6.45) is -4.08. The number of methoxy groups -OCH3 is 1. The predicted molar refractivity (Wildman–Crippen MR) is 136 cm³/mol. The Labute approximate surface area is 220 Å². The van der Waals surface area contributed by atoms with Gasteiger partial charge in [-0.3, -0.25) is 9.80 Å². The van der Waals surface area contributed by atoms with Crippen molar-refractivity contribution in [1.29, 1.82) is 0 Å². The maximum atomic E-state index is 13.5. The molecule has 0 saturated carbocycles. The van der Waals surface area contributed by atoms with Crippen LogP contribution in [0.4, 0.5) is 18.9 Å². The molecule has 2 heterocycles. The van der Waals surface area contributed by atoms with E-state index in [4.69, 9.17) is 4.74 Å². The summed E-state index contributed by atoms with van der Waals surface area (Å²) in [6, 6.07) is 12.5. The van der Waals surface area contributed by atoms with Crippen LogP contribution >= 0.6 is 0 Å². The third-order valence-electron chi connectivity index (χ3n) is 6.95. The van der Waals surface area contributed by atoms with Gasteiger partial charge in [-0.25, -0.2) is 8.42 Å². The molecule has 0 amide bonds. The Balaban J connectivity index is 1.42. The molecule has 2 aliphatic rings. The van der Waals surface area contributed by atoms with Gasteiger partial charge in [-0.15, -0.1) is 0 Å². The summed E-state index contributed by atoms with van der Waals surface area (Å²) in [7, 11) is -2.41. The van der Waals surface area contributed by atoms with E-state index in [9.17, 15) is 26.4 Å². The molecule has 0 unspecified atom stereocenters. The van der Waals surface area contributed by atoms with Crippen LogP contribution in [-0.2, 0) is 19.6 Å². The van der Waals surface area contributed by atoms with Gasteiger partial charge in [-0.05, 0) is 55.7 Å². The first-order chi connectivity index (χ1) is 17.9. The molecular weight excluding hydrogens is 523 g/mol. The molecule has 2 aliphatic heterocycles. The molecule has 2 aromatic carbocycles. The Bertz CT molecular complexity index is 1290. The topological polar surface area (TPSA) is 88.5 Å². The van der Waals surface area contributed by atoms with Crippen LogP contribution < -0.4 is 9.75 Å². The van der Waals surface area contributed by atoms with Crippen molar-refractivity contribution in [1.82, 2.24) is 4.31 Å². The maximum absolute atomic E-state index is 13.5. The second-order valence-corrected chi connectivity index (χ2v) is 11.4. The lowest BCUT2D eigenvalue weighted by atomic mass is 9.94. The van der Waals surface area contributed by atoms with Crippen LogP contribution in [0.15, 0.2) is 58.5 Å². The second kappa shape index (κ2) is 10.9. The van der Waals surface area contributed by atoms with Gasteiger partial charge in [0, 0.05) is 19.0 Å². The SMILES string of the molecule is COC(=O)C[C@H]1[C@H](C)C(C(F)(F)F)=NN1c1ccc(OC2CCN(S(=O)(=O)c3ccccc3C)CC2)cc1. The van der Waals surface area contributed by atoms with Crippen molar-refractivity contribution in [3.05, 3.63) is 54.1 Å². The number of ether oxygens (including phenoxy) is 2. The summed E-state index contributed by atoms with van der Waals surface area (Å²) in [6.45, 7) is 3.79. The third kappa shape index (κ3) is 5.80. The molecule has 1 fully saturated rings. The number of halogens is 3. The molecule has 0 aromatic heterocycles. The minimum atomic E-state index is -4.62. The summed E-state index contributed by atoms with van der Waals surface area (Å²) in [5, 5.41) is 5.01. The summed E-state index contributed by atoms with van der Waals surface area (Å²) >= 11 is 0. The van der Waals surface area contributed by atoms with Crippen molar-refractivity contribution in [2.45, 2.75) is 56.3 Å². The van der Waals surface area contributed by atoms with Gasteiger partial charge < -0.3 is 9.47 Å². The first kappa shape index (κ1) is 27.9. The summed E-state index contributed by atoms with van der Waals surface area (Å²) in [5.41, 5.74) is 0.134. The van der Waals surface area contributed by atoms with Crippen molar-refractivity contribution < 1.29 is 35.9 Å². The number of sulfonamides is 1. The van der Waals surface area contributed by atoms with Gasteiger partial charge in [0.15, 0.2) is 0 Å². The fraction of sp³-hybridized carbons (Fsp3) is 0.462. The number of nitrogens with zero attached hydrogens (tertiary/aromatic N) is 3. The molecule has 4 rings (SSSR count). The fourth-order valence-electron chi connectivity index (χ4n) is 4.80. The minimum absolute atomic E-state index is 0.210. The zero-order chi connectivity index (χ0) is 27.7. The van der Waals surface area contributed by atoms with E-state index in [2.05, 4.69) is 9.84 Å². The Morgan fingerprint density at radius 3 is 2.29 bits per heavy atom. The van der Waals surface area contributed by atoms with Crippen LogP contribution in [-0.4, -0.2) is 62.9 Å². The number of hydrogen-bond acceptors (Lipinski definition) is 7. The second-order valence-electron chi connectivity index (χ2n) is 9.44. The van der Waals surface area contributed by atoms with E-state index in [0.29, 0.717) is 47.8 Å². The molecular formula is C26H30F3N3O5S. The zero-order valence-electron chi connectivity index (χ0n) is 21.3. The normalized spacial score (nSPS) is 21.3. The number of carbonyl (C=O) groups excluding carboxylic acids is 1. The van der Waals surface area contributed by atoms with E-state index in [-0.39, 0.29) is 12.5 Å². The van der Waals surface area contributed by atoms with Crippen LogP contribution in [0, 0.1) is 12.8 Å². The number of carbonyl (C=O) groups is 1. The van der Waals surface area contributed by atoms with Gasteiger partial charge in [-0.2, -0.15) is 22.6 Å². The number of hydrazone groups is 1. The predicted octanol–water partition coefficient (Wildman–Crippen LogP) is 4.53. The molecule has 206 valence electrons. The Morgan fingerprint density at radius 1 is 1.08 bits per heavy atom. The largest absolute Gasteiger partial charge is 0.490 e. The van der Waals surface area contributed by atoms with E-state index >= 15 is 0 Å². The Hall–Kier alpha value is -3.12. The van der Waals surface area contributed by atoms with Crippen molar-refractivity contribution in [3.63, 3.8) is 0 Å². The van der Waals surface area contributed by atoms with Gasteiger partial charge in [0.25, 0.3) is 0 Å². The van der Waals surface area contributed by atoms with E-state index in [1.54, 1.807) is 55.5 Å². The molecule has 0 N–H and O–H groups in total. The highest BCUT2D eigenvalue weighted by molar-refractivity contribution is 7.89. The number of esters is 1. The lowest BCUT2D eigenvalue weighted by molar-refractivity contribution is -0.141. The summed E-state index contributed by atoms with van der Waals surface area (Å²) in [4.78, 5) is 12.2. The van der Waals surface area contributed by atoms with E-state index < -0.39 is 39.8 Å². The van der Waals surface area contributed by atoms with Gasteiger partial charge >= 0.3 is 12.1 Å².